The van der Waals surface area contributed by atoms with Gasteiger partial charge in [-0.2, -0.15) is 0 Å². The number of carbonyl (C=O) groups excluding carboxylic acids is 2. The standard InChI is InChI=1S/C20H30N4O5/c1-27-17-4-5-18(28-2)16(14-17)15-23(20(26)24-9-6-21-19(24)25)8-3-7-22-10-12-29-13-11-22/h4-5,14H,3,6-13,15H2,1-2H3,(H,21,25). The molecule has 0 bridgehead atoms. The number of carbonyl (C=O) groups is 2. The fourth-order valence-electron chi connectivity index (χ4n) is 3.59. The van der Waals surface area contributed by atoms with Crippen LogP contribution in [0.25, 0.3) is 0 Å². The van der Waals surface area contributed by atoms with Crippen molar-refractivity contribution in [3.8, 4) is 11.5 Å². The first kappa shape index (κ1) is 21.2. The van der Waals surface area contributed by atoms with Crippen LogP contribution in [0, 0.1) is 0 Å². The van der Waals surface area contributed by atoms with Crippen molar-refractivity contribution < 1.29 is 23.8 Å². The third kappa shape index (κ3) is 5.51. The van der Waals surface area contributed by atoms with Gasteiger partial charge in [0.1, 0.15) is 11.5 Å². The molecule has 0 aliphatic carbocycles. The molecule has 4 amide bonds. The van der Waals surface area contributed by atoms with Gasteiger partial charge in [0.25, 0.3) is 0 Å². The number of imide groups is 1. The van der Waals surface area contributed by atoms with Gasteiger partial charge < -0.3 is 24.4 Å². The van der Waals surface area contributed by atoms with Crippen molar-refractivity contribution in [2.45, 2.75) is 13.0 Å². The highest BCUT2D eigenvalue weighted by Gasteiger charge is 2.30. The van der Waals surface area contributed by atoms with Gasteiger partial charge in [0.15, 0.2) is 0 Å². The average Bonchev–Trinajstić information content (AvgIpc) is 3.19. The highest BCUT2D eigenvalue weighted by Crippen LogP contribution is 2.26. The van der Waals surface area contributed by atoms with E-state index < -0.39 is 0 Å². The lowest BCUT2D eigenvalue weighted by Gasteiger charge is -2.30. The van der Waals surface area contributed by atoms with Crippen molar-refractivity contribution in [1.82, 2.24) is 20.0 Å². The van der Waals surface area contributed by atoms with Crippen LogP contribution in [0.4, 0.5) is 9.59 Å². The molecule has 3 rings (SSSR count). The number of methoxy groups -OCH3 is 2. The first-order chi connectivity index (χ1) is 14.1. The number of hydrogen-bond acceptors (Lipinski definition) is 6. The van der Waals surface area contributed by atoms with E-state index in [0.29, 0.717) is 37.7 Å². The second kappa shape index (κ2) is 10.3. The minimum absolute atomic E-state index is 0.285. The van der Waals surface area contributed by atoms with E-state index in [4.69, 9.17) is 14.2 Å². The van der Waals surface area contributed by atoms with Gasteiger partial charge >= 0.3 is 12.1 Å². The summed E-state index contributed by atoms with van der Waals surface area (Å²) in [6, 6.07) is 4.89. The van der Waals surface area contributed by atoms with Gasteiger partial charge in [-0.15, -0.1) is 0 Å². The van der Waals surface area contributed by atoms with Crippen LogP contribution in [-0.4, -0.2) is 93.5 Å². The minimum atomic E-state index is -0.342. The maximum Gasteiger partial charge on any atom is 0.328 e. The maximum absolute atomic E-state index is 13.1. The molecule has 0 spiro atoms. The molecule has 0 saturated carbocycles. The molecule has 2 aliphatic rings. The number of nitrogens with zero attached hydrogens (tertiary/aromatic N) is 3. The summed E-state index contributed by atoms with van der Waals surface area (Å²) in [4.78, 5) is 30.4. The van der Waals surface area contributed by atoms with E-state index >= 15 is 0 Å². The summed E-state index contributed by atoms with van der Waals surface area (Å²) in [5.41, 5.74) is 0.839. The molecule has 2 fully saturated rings. The molecular formula is C20H30N4O5. The molecule has 0 atom stereocenters. The van der Waals surface area contributed by atoms with Crippen LogP contribution in [0.15, 0.2) is 18.2 Å². The third-order valence-electron chi connectivity index (χ3n) is 5.21. The SMILES string of the molecule is COc1ccc(OC)c(CN(CCCN2CCOCC2)C(=O)N2CCNC2=O)c1. The molecule has 2 aliphatic heterocycles. The van der Waals surface area contributed by atoms with Gasteiger partial charge in [-0.05, 0) is 24.6 Å². The highest BCUT2D eigenvalue weighted by atomic mass is 16.5. The van der Waals surface area contributed by atoms with Crippen molar-refractivity contribution >= 4 is 12.1 Å². The van der Waals surface area contributed by atoms with Crippen molar-refractivity contribution in [3.63, 3.8) is 0 Å². The molecule has 0 aromatic heterocycles. The largest absolute Gasteiger partial charge is 0.497 e. The molecule has 1 aromatic carbocycles. The second-order valence-corrected chi connectivity index (χ2v) is 7.07. The van der Waals surface area contributed by atoms with Gasteiger partial charge in [-0.25, -0.2) is 14.5 Å². The Morgan fingerprint density at radius 3 is 2.66 bits per heavy atom. The Morgan fingerprint density at radius 2 is 2.00 bits per heavy atom. The van der Waals surface area contributed by atoms with Gasteiger partial charge in [-0.3, -0.25) is 4.90 Å². The molecule has 9 heteroatoms. The van der Waals surface area contributed by atoms with Crippen LogP contribution in [0.2, 0.25) is 0 Å². The van der Waals surface area contributed by atoms with Crippen LogP contribution in [0.5, 0.6) is 11.5 Å². The summed E-state index contributed by atoms with van der Waals surface area (Å²) in [6.07, 6.45) is 0.813. The summed E-state index contributed by atoms with van der Waals surface area (Å²) >= 11 is 0. The number of morpholine rings is 1. The topological polar surface area (TPSA) is 83.6 Å². The van der Waals surface area contributed by atoms with Crippen molar-refractivity contribution in [2.75, 3.05) is 66.7 Å². The van der Waals surface area contributed by atoms with Crippen molar-refractivity contribution in [2.24, 2.45) is 0 Å². The fourth-order valence-corrected chi connectivity index (χ4v) is 3.59. The van der Waals surface area contributed by atoms with E-state index in [9.17, 15) is 9.59 Å². The summed E-state index contributed by atoms with van der Waals surface area (Å²) in [5, 5.41) is 2.69. The van der Waals surface area contributed by atoms with E-state index in [1.165, 1.54) is 4.90 Å². The van der Waals surface area contributed by atoms with Gasteiger partial charge in [0.05, 0.1) is 34.0 Å². The lowest BCUT2D eigenvalue weighted by atomic mass is 10.1. The zero-order valence-electron chi connectivity index (χ0n) is 17.2. The molecule has 29 heavy (non-hydrogen) atoms. The van der Waals surface area contributed by atoms with Gasteiger partial charge in [0, 0.05) is 44.8 Å². The first-order valence-electron chi connectivity index (χ1n) is 9.97. The maximum atomic E-state index is 13.1. The Morgan fingerprint density at radius 1 is 1.21 bits per heavy atom. The van der Waals surface area contributed by atoms with E-state index in [1.807, 2.05) is 18.2 Å². The monoisotopic (exact) mass is 406 g/mol. The number of hydrogen-bond donors (Lipinski definition) is 1. The van der Waals surface area contributed by atoms with Gasteiger partial charge in [-0.1, -0.05) is 0 Å². The number of rotatable bonds is 8. The molecule has 9 nitrogen and oxygen atoms in total. The molecule has 1 N–H and O–H groups in total. The van der Waals surface area contributed by atoms with Crippen molar-refractivity contribution in [3.05, 3.63) is 23.8 Å². The van der Waals surface area contributed by atoms with Crippen LogP contribution in [0.1, 0.15) is 12.0 Å². The predicted octanol–water partition coefficient (Wildman–Crippen LogP) is 1.37. The molecule has 0 unspecified atom stereocenters. The second-order valence-electron chi connectivity index (χ2n) is 7.07. The van der Waals surface area contributed by atoms with Crippen LogP contribution in [0.3, 0.4) is 0 Å². The number of benzene rings is 1. The molecule has 2 heterocycles. The average molecular weight is 406 g/mol. The Bertz CT molecular complexity index is 708. The lowest BCUT2D eigenvalue weighted by Crippen LogP contribution is -2.45. The van der Waals surface area contributed by atoms with E-state index in [-0.39, 0.29) is 12.1 Å². The molecule has 0 radical (unpaired) electrons. The van der Waals surface area contributed by atoms with Crippen molar-refractivity contribution in [1.29, 1.82) is 0 Å². The lowest BCUT2D eigenvalue weighted by molar-refractivity contribution is 0.0362. The molecular weight excluding hydrogens is 376 g/mol. The van der Waals surface area contributed by atoms with E-state index in [1.54, 1.807) is 19.1 Å². The Hall–Kier alpha value is -2.52. The van der Waals surface area contributed by atoms with Crippen LogP contribution >= 0.6 is 0 Å². The zero-order chi connectivity index (χ0) is 20.6. The zero-order valence-corrected chi connectivity index (χ0v) is 17.2. The quantitative estimate of drug-likeness (QED) is 0.702. The highest BCUT2D eigenvalue weighted by molar-refractivity contribution is 5.94. The summed E-state index contributed by atoms with van der Waals surface area (Å²) in [7, 11) is 3.20. The molecule has 2 saturated heterocycles. The first-order valence-corrected chi connectivity index (χ1v) is 9.97. The van der Waals surface area contributed by atoms with E-state index in [0.717, 1.165) is 44.8 Å². The Balaban J connectivity index is 1.71. The third-order valence-corrected chi connectivity index (χ3v) is 5.21. The normalized spacial score (nSPS) is 17.2. The minimum Gasteiger partial charge on any atom is -0.497 e. The molecule has 1 aromatic rings. The number of ether oxygens (including phenoxy) is 3. The predicted molar refractivity (Wildman–Crippen MR) is 107 cm³/mol. The number of amides is 4. The number of nitrogens with one attached hydrogen (secondary N) is 1. The van der Waals surface area contributed by atoms with Crippen LogP contribution < -0.4 is 14.8 Å². The smallest absolute Gasteiger partial charge is 0.328 e. The summed E-state index contributed by atoms with van der Waals surface area (Å²) in [5.74, 6) is 1.38. The Kier molecular flexibility index (Phi) is 7.54. The van der Waals surface area contributed by atoms with Gasteiger partial charge in [0.2, 0.25) is 0 Å². The van der Waals surface area contributed by atoms with E-state index in [2.05, 4.69) is 10.2 Å². The summed E-state index contributed by atoms with van der Waals surface area (Å²) < 4.78 is 16.2. The fraction of sp³-hybridized carbons (Fsp3) is 0.600. The number of urea groups is 2. The summed E-state index contributed by atoms with van der Waals surface area (Å²) in [6.45, 7) is 5.94. The Labute approximate surface area is 171 Å². The van der Waals surface area contributed by atoms with Crippen LogP contribution in [-0.2, 0) is 11.3 Å². The molecule has 160 valence electrons.